The highest BCUT2D eigenvalue weighted by Gasteiger charge is 2.26. The number of hydrogen-bond donors (Lipinski definition) is 1. The Balaban J connectivity index is 2.00. The molecule has 0 aromatic heterocycles. The number of benzene rings is 2. The molecule has 31 heavy (non-hydrogen) atoms. The third kappa shape index (κ3) is 8.13. The van der Waals surface area contributed by atoms with Crippen LogP contribution in [0.5, 0.6) is 11.5 Å². The molecule has 0 bridgehead atoms. The summed E-state index contributed by atoms with van der Waals surface area (Å²) in [5.41, 5.74) is 0.927. The minimum absolute atomic E-state index is 0.000615. The second-order valence-electron chi connectivity index (χ2n) is 7.61. The molecule has 168 valence electrons. The number of hydrogen-bond acceptors (Lipinski definition) is 4. The number of halogens is 1. The van der Waals surface area contributed by atoms with Gasteiger partial charge in [0, 0.05) is 24.0 Å². The van der Waals surface area contributed by atoms with E-state index in [1.54, 1.807) is 43.2 Å². The summed E-state index contributed by atoms with van der Waals surface area (Å²) < 4.78 is 10.9. The van der Waals surface area contributed by atoms with Gasteiger partial charge in [-0.25, -0.2) is 0 Å². The van der Waals surface area contributed by atoms with E-state index in [-0.39, 0.29) is 24.3 Å². The molecule has 1 unspecified atom stereocenters. The predicted octanol–water partition coefficient (Wildman–Crippen LogP) is 4.45. The number of ether oxygens (including phenoxy) is 2. The van der Waals surface area contributed by atoms with Crippen molar-refractivity contribution >= 4 is 23.4 Å². The number of amides is 2. The van der Waals surface area contributed by atoms with Crippen molar-refractivity contribution in [3.63, 3.8) is 0 Å². The SMILES string of the molecule is COc1ccc(CN(C(=O)CCCOc2ccc(Cl)cc2)C(C)C(=O)NC(C)C)cc1. The lowest BCUT2D eigenvalue weighted by Crippen LogP contribution is -2.49. The van der Waals surface area contributed by atoms with E-state index >= 15 is 0 Å². The van der Waals surface area contributed by atoms with E-state index in [4.69, 9.17) is 21.1 Å². The summed E-state index contributed by atoms with van der Waals surface area (Å²) in [7, 11) is 1.61. The van der Waals surface area contributed by atoms with Crippen LogP contribution in [0.2, 0.25) is 5.02 Å². The first kappa shape index (κ1) is 24.5. The number of nitrogens with one attached hydrogen (secondary N) is 1. The molecule has 1 N–H and O–H groups in total. The fourth-order valence-electron chi connectivity index (χ4n) is 3.00. The van der Waals surface area contributed by atoms with Crippen molar-refractivity contribution in [3.8, 4) is 11.5 Å². The smallest absolute Gasteiger partial charge is 0.242 e. The molecule has 2 rings (SSSR count). The van der Waals surface area contributed by atoms with E-state index in [2.05, 4.69) is 5.32 Å². The summed E-state index contributed by atoms with van der Waals surface area (Å²) >= 11 is 5.87. The van der Waals surface area contributed by atoms with Gasteiger partial charge in [-0.3, -0.25) is 9.59 Å². The lowest BCUT2D eigenvalue weighted by atomic mass is 10.1. The minimum Gasteiger partial charge on any atom is -0.497 e. The van der Waals surface area contributed by atoms with Crippen molar-refractivity contribution in [2.24, 2.45) is 0 Å². The molecule has 0 aliphatic heterocycles. The van der Waals surface area contributed by atoms with Gasteiger partial charge in [0.05, 0.1) is 13.7 Å². The van der Waals surface area contributed by atoms with Gasteiger partial charge in [-0.1, -0.05) is 23.7 Å². The van der Waals surface area contributed by atoms with Crippen molar-refractivity contribution in [1.29, 1.82) is 0 Å². The van der Waals surface area contributed by atoms with Gasteiger partial charge in [-0.2, -0.15) is 0 Å². The Hall–Kier alpha value is -2.73. The van der Waals surface area contributed by atoms with Crippen LogP contribution < -0.4 is 14.8 Å². The number of carbonyl (C=O) groups is 2. The Bertz CT molecular complexity index is 838. The number of carbonyl (C=O) groups excluding carboxylic acids is 2. The van der Waals surface area contributed by atoms with Crippen molar-refractivity contribution in [2.45, 2.75) is 52.2 Å². The maximum atomic E-state index is 13.0. The minimum atomic E-state index is -0.589. The molecule has 0 heterocycles. The van der Waals surface area contributed by atoms with Crippen LogP contribution in [0, 0.1) is 0 Å². The molecule has 2 aromatic rings. The number of nitrogens with zero attached hydrogens (tertiary/aromatic N) is 1. The van der Waals surface area contributed by atoms with Crippen molar-refractivity contribution in [3.05, 3.63) is 59.1 Å². The normalized spacial score (nSPS) is 11.7. The zero-order valence-corrected chi connectivity index (χ0v) is 19.3. The van der Waals surface area contributed by atoms with E-state index in [1.165, 1.54) is 0 Å². The van der Waals surface area contributed by atoms with E-state index in [0.29, 0.717) is 30.3 Å². The Morgan fingerprint density at radius 1 is 1.00 bits per heavy atom. The summed E-state index contributed by atoms with van der Waals surface area (Å²) in [6.45, 7) is 6.29. The van der Waals surface area contributed by atoms with Crippen LogP contribution in [0.4, 0.5) is 0 Å². The van der Waals surface area contributed by atoms with E-state index in [0.717, 1.165) is 11.3 Å². The van der Waals surface area contributed by atoms with Gasteiger partial charge in [0.25, 0.3) is 0 Å². The van der Waals surface area contributed by atoms with Crippen LogP contribution >= 0.6 is 11.6 Å². The second kappa shape index (κ2) is 12.2. The maximum Gasteiger partial charge on any atom is 0.242 e. The van der Waals surface area contributed by atoms with E-state index in [9.17, 15) is 9.59 Å². The van der Waals surface area contributed by atoms with Gasteiger partial charge >= 0.3 is 0 Å². The molecule has 0 aliphatic carbocycles. The molecule has 2 aromatic carbocycles. The molecule has 0 saturated heterocycles. The molecule has 6 nitrogen and oxygen atoms in total. The summed E-state index contributed by atoms with van der Waals surface area (Å²) in [6, 6.07) is 14.0. The molecule has 0 saturated carbocycles. The number of methoxy groups -OCH3 is 1. The molecule has 0 fully saturated rings. The highest BCUT2D eigenvalue weighted by Crippen LogP contribution is 2.18. The zero-order valence-electron chi connectivity index (χ0n) is 18.6. The lowest BCUT2D eigenvalue weighted by molar-refractivity contribution is -0.141. The molecule has 1 atom stereocenters. The number of rotatable bonds is 11. The van der Waals surface area contributed by atoms with Crippen LogP contribution in [0.15, 0.2) is 48.5 Å². The molecule has 2 amide bonds. The molecule has 0 aliphatic rings. The van der Waals surface area contributed by atoms with Crippen LogP contribution in [0.3, 0.4) is 0 Å². The molecular weight excluding hydrogens is 416 g/mol. The third-order valence-electron chi connectivity index (χ3n) is 4.73. The van der Waals surface area contributed by atoms with Gasteiger partial charge in [0.15, 0.2) is 0 Å². The summed E-state index contributed by atoms with van der Waals surface area (Å²) in [5.74, 6) is 1.18. The van der Waals surface area contributed by atoms with Crippen molar-refractivity contribution < 1.29 is 19.1 Å². The maximum absolute atomic E-state index is 13.0. The fourth-order valence-corrected chi connectivity index (χ4v) is 3.13. The van der Waals surface area contributed by atoms with Gasteiger partial charge in [-0.15, -0.1) is 0 Å². The zero-order chi connectivity index (χ0) is 22.8. The first-order valence-electron chi connectivity index (χ1n) is 10.4. The van der Waals surface area contributed by atoms with Crippen LogP contribution in [-0.4, -0.2) is 42.5 Å². The Labute approximate surface area is 189 Å². The van der Waals surface area contributed by atoms with Gasteiger partial charge in [-0.05, 0) is 69.2 Å². The summed E-state index contributed by atoms with van der Waals surface area (Å²) in [4.78, 5) is 27.2. The predicted molar refractivity (Wildman–Crippen MR) is 122 cm³/mol. The van der Waals surface area contributed by atoms with Gasteiger partial charge in [0.2, 0.25) is 11.8 Å². The molecular formula is C24H31ClN2O4. The topological polar surface area (TPSA) is 67.9 Å². The lowest BCUT2D eigenvalue weighted by Gasteiger charge is -2.29. The highest BCUT2D eigenvalue weighted by molar-refractivity contribution is 6.30. The van der Waals surface area contributed by atoms with Crippen LogP contribution in [0.1, 0.15) is 39.2 Å². The first-order valence-corrected chi connectivity index (χ1v) is 10.8. The first-order chi connectivity index (χ1) is 14.8. The van der Waals surface area contributed by atoms with Crippen molar-refractivity contribution in [2.75, 3.05) is 13.7 Å². The Kier molecular flexibility index (Phi) is 9.66. The molecule has 0 radical (unpaired) electrons. The monoisotopic (exact) mass is 446 g/mol. The van der Waals surface area contributed by atoms with E-state index in [1.807, 2.05) is 38.1 Å². The largest absolute Gasteiger partial charge is 0.497 e. The average molecular weight is 447 g/mol. The van der Waals surface area contributed by atoms with E-state index < -0.39 is 6.04 Å². The van der Waals surface area contributed by atoms with Gasteiger partial charge < -0.3 is 19.7 Å². The average Bonchev–Trinajstić information content (AvgIpc) is 2.75. The Morgan fingerprint density at radius 2 is 1.61 bits per heavy atom. The Morgan fingerprint density at radius 3 is 2.19 bits per heavy atom. The highest BCUT2D eigenvalue weighted by atomic mass is 35.5. The van der Waals surface area contributed by atoms with Crippen LogP contribution in [-0.2, 0) is 16.1 Å². The van der Waals surface area contributed by atoms with Gasteiger partial charge in [0.1, 0.15) is 17.5 Å². The standard InChI is InChI=1S/C24H31ClN2O4/c1-17(2)26-24(29)18(3)27(16-19-7-11-21(30-4)12-8-19)23(28)6-5-15-31-22-13-9-20(25)10-14-22/h7-14,17-18H,5-6,15-16H2,1-4H3,(H,26,29). The fraction of sp³-hybridized carbons (Fsp3) is 0.417. The summed E-state index contributed by atoms with van der Waals surface area (Å²) in [6.07, 6.45) is 0.822. The van der Waals surface area contributed by atoms with Crippen LogP contribution in [0.25, 0.3) is 0 Å². The molecule has 7 heteroatoms. The molecule has 0 spiro atoms. The van der Waals surface area contributed by atoms with Crippen molar-refractivity contribution in [1.82, 2.24) is 10.2 Å². The second-order valence-corrected chi connectivity index (χ2v) is 8.05. The third-order valence-corrected chi connectivity index (χ3v) is 4.98. The quantitative estimate of drug-likeness (QED) is 0.518. The summed E-state index contributed by atoms with van der Waals surface area (Å²) in [5, 5.41) is 3.53.